The summed E-state index contributed by atoms with van der Waals surface area (Å²) >= 11 is 3.26. The zero-order chi connectivity index (χ0) is 13.8. The fraction of sp³-hybridized carbons (Fsp3) is 0.250. The molecule has 0 unspecified atom stereocenters. The second-order valence-electron chi connectivity index (χ2n) is 4.04. The first-order chi connectivity index (χ1) is 9.04. The average molecular weight is 326 g/mol. The van der Waals surface area contributed by atoms with Crippen LogP contribution in [0.2, 0.25) is 0 Å². The van der Waals surface area contributed by atoms with Gasteiger partial charge in [-0.3, -0.25) is 10.1 Å². The molecule has 1 aromatic heterocycles. The standard InChI is InChI=1S/C12H12BrN3O3/c1-8-5-15-12(19-8)7-14-6-9-2-10(13)4-11(3-9)16(17)18/h2-5,14H,6-7H2,1H3. The zero-order valence-electron chi connectivity index (χ0n) is 10.2. The summed E-state index contributed by atoms with van der Waals surface area (Å²) in [6.07, 6.45) is 1.65. The lowest BCUT2D eigenvalue weighted by atomic mass is 10.2. The highest BCUT2D eigenvalue weighted by Crippen LogP contribution is 2.21. The number of nitrogens with one attached hydrogen (secondary N) is 1. The third-order valence-electron chi connectivity index (χ3n) is 2.43. The Morgan fingerprint density at radius 3 is 2.84 bits per heavy atom. The molecule has 0 saturated carbocycles. The normalized spacial score (nSPS) is 10.6. The lowest BCUT2D eigenvalue weighted by molar-refractivity contribution is -0.385. The largest absolute Gasteiger partial charge is 0.445 e. The minimum atomic E-state index is -0.411. The lowest BCUT2D eigenvalue weighted by Gasteiger charge is -2.03. The highest BCUT2D eigenvalue weighted by Gasteiger charge is 2.08. The van der Waals surface area contributed by atoms with E-state index in [0.717, 1.165) is 11.3 Å². The van der Waals surface area contributed by atoms with E-state index in [-0.39, 0.29) is 5.69 Å². The molecule has 0 saturated heterocycles. The summed E-state index contributed by atoms with van der Waals surface area (Å²) in [5, 5.41) is 13.9. The Balaban J connectivity index is 1.97. The van der Waals surface area contributed by atoms with Crippen molar-refractivity contribution in [2.24, 2.45) is 0 Å². The van der Waals surface area contributed by atoms with Crippen molar-refractivity contribution < 1.29 is 9.34 Å². The van der Waals surface area contributed by atoms with Gasteiger partial charge in [-0.25, -0.2) is 4.98 Å². The Kier molecular flexibility index (Phi) is 4.28. The molecule has 1 N–H and O–H groups in total. The summed E-state index contributed by atoms with van der Waals surface area (Å²) in [7, 11) is 0. The van der Waals surface area contributed by atoms with Crippen LogP contribution >= 0.6 is 15.9 Å². The number of oxazole rings is 1. The highest BCUT2D eigenvalue weighted by molar-refractivity contribution is 9.10. The van der Waals surface area contributed by atoms with Crippen LogP contribution in [0, 0.1) is 17.0 Å². The smallest absolute Gasteiger partial charge is 0.270 e. The summed E-state index contributed by atoms with van der Waals surface area (Å²) < 4.78 is 6.00. The van der Waals surface area contributed by atoms with Crippen molar-refractivity contribution in [1.29, 1.82) is 0 Å². The number of nitrogens with zero attached hydrogens (tertiary/aromatic N) is 2. The number of halogens is 1. The first-order valence-corrected chi connectivity index (χ1v) is 6.40. The van der Waals surface area contributed by atoms with E-state index in [2.05, 4.69) is 26.2 Å². The fourth-order valence-electron chi connectivity index (χ4n) is 1.64. The quantitative estimate of drug-likeness (QED) is 0.675. The summed E-state index contributed by atoms with van der Waals surface area (Å²) in [5.74, 6) is 1.36. The number of nitro benzene ring substituents is 1. The number of benzene rings is 1. The van der Waals surface area contributed by atoms with Gasteiger partial charge < -0.3 is 9.73 Å². The minimum Gasteiger partial charge on any atom is -0.445 e. The van der Waals surface area contributed by atoms with Crippen LogP contribution in [0.1, 0.15) is 17.2 Å². The molecule has 0 aliphatic carbocycles. The van der Waals surface area contributed by atoms with E-state index in [0.29, 0.717) is 23.5 Å². The van der Waals surface area contributed by atoms with Crippen molar-refractivity contribution >= 4 is 21.6 Å². The van der Waals surface area contributed by atoms with Gasteiger partial charge in [0.25, 0.3) is 5.69 Å². The van der Waals surface area contributed by atoms with Crippen molar-refractivity contribution in [2.75, 3.05) is 0 Å². The molecule has 0 aliphatic heterocycles. The molecule has 0 radical (unpaired) electrons. The van der Waals surface area contributed by atoms with E-state index >= 15 is 0 Å². The topological polar surface area (TPSA) is 81.2 Å². The molecule has 100 valence electrons. The van der Waals surface area contributed by atoms with Gasteiger partial charge in [0.05, 0.1) is 17.7 Å². The maximum absolute atomic E-state index is 10.7. The van der Waals surface area contributed by atoms with Gasteiger partial charge in [0.2, 0.25) is 5.89 Å². The fourth-order valence-corrected chi connectivity index (χ4v) is 2.17. The maximum atomic E-state index is 10.7. The van der Waals surface area contributed by atoms with Crippen LogP contribution in [0.4, 0.5) is 5.69 Å². The minimum absolute atomic E-state index is 0.0677. The van der Waals surface area contributed by atoms with E-state index in [4.69, 9.17) is 4.42 Å². The summed E-state index contributed by atoms with van der Waals surface area (Å²) in [4.78, 5) is 14.4. The second-order valence-corrected chi connectivity index (χ2v) is 4.96. The van der Waals surface area contributed by atoms with Crippen molar-refractivity contribution in [3.63, 3.8) is 0 Å². The molecule has 0 amide bonds. The van der Waals surface area contributed by atoms with Crippen LogP contribution in [-0.4, -0.2) is 9.91 Å². The molecule has 2 aromatic rings. The first kappa shape index (κ1) is 13.7. The van der Waals surface area contributed by atoms with Gasteiger partial charge in [0.1, 0.15) is 5.76 Å². The number of hydrogen-bond donors (Lipinski definition) is 1. The molecule has 7 heteroatoms. The van der Waals surface area contributed by atoms with Crippen LogP contribution in [0.15, 0.2) is 33.3 Å². The Labute approximate surface area is 118 Å². The molecular formula is C12H12BrN3O3. The molecule has 0 bridgehead atoms. The van der Waals surface area contributed by atoms with Crippen LogP contribution in [0.3, 0.4) is 0 Å². The van der Waals surface area contributed by atoms with Gasteiger partial charge in [0, 0.05) is 23.2 Å². The van der Waals surface area contributed by atoms with Crippen LogP contribution < -0.4 is 5.32 Å². The maximum Gasteiger partial charge on any atom is 0.270 e. The van der Waals surface area contributed by atoms with Gasteiger partial charge in [-0.15, -0.1) is 0 Å². The van der Waals surface area contributed by atoms with E-state index < -0.39 is 4.92 Å². The second kappa shape index (κ2) is 5.94. The molecule has 6 nitrogen and oxygen atoms in total. The number of rotatable bonds is 5. The number of non-ortho nitro benzene ring substituents is 1. The molecule has 0 fully saturated rings. The predicted octanol–water partition coefficient (Wildman–Crippen LogP) is 2.94. The molecule has 1 aromatic carbocycles. The molecule has 0 spiro atoms. The van der Waals surface area contributed by atoms with Crippen LogP contribution in [0.5, 0.6) is 0 Å². The third kappa shape index (κ3) is 3.87. The van der Waals surface area contributed by atoms with Crippen LogP contribution in [-0.2, 0) is 13.1 Å². The predicted molar refractivity (Wildman–Crippen MR) is 72.6 cm³/mol. The average Bonchev–Trinajstić information content (AvgIpc) is 2.74. The molecule has 0 aliphatic rings. The summed E-state index contributed by atoms with van der Waals surface area (Å²) in [6, 6.07) is 4.85. The number of aromatic nitrogens is 1. The van der Waals surface area contributed by atoms with Crippen molar-refractivity contribution in [2.45, 2.75) is 20.0 Å². The first-order valence-electron chi connectivity index (χ1n) is 5.60. The van der Waals surface area contributed by atoms with Gasteiger partial charge in [-0.1, -0.05) is 15.9 Å². The zero-order valence-corrected chi connectivity index (χ0v) is 11.8. The van der Waals surface area contributed by atoms with Crippen LogP contribution in [0.25, 0.3) is 0 Å². The monoisotopic (exact) mass is 325 g/mol. The van der Waals surface area contributed by atoms with Gasteiger partial charge in [0.15, 0.2) is 0 Å². The van der Waals surface area contributed by atoms with E-state index in [9.17, 15) is 10.1 Å². The van der Waals surface area contributed by atoms with Gasteiger partial charge >= 0.3 is 0 Å². The van der Waals surface area contributed by atoms with Crippen molar-refractivity contribution in [3.8, 4) is 0 Å². The molecule has 0 atom stereocenters. The Morgan fingerprint density at radius 1 is 1.42 bits per heavy atom. The number of nitro groups is 1. The summed E-state index contributed by atoms with van der Waals surface area (Å²) in [6.45, 7) is 2.81. The number of aryl methyl sites for hydroxylation is 1. The molecular weight excluding hydrogens is 314 g/mol. The highest BCUT2D eigenvalue weighted by atomic mass is 79.9. The van der Waals surface area contributed by atoms with Crippen molar-refractivity contribution in [3.05, 3.63) is 56.2 Å². The SMILES string of the molecule is Cc1cnc(CNCc2cc(Br)cc([N+](=O)[O-])c2)o1. The van der Waals surface area contributed by atoms with Gasteiger partial charge in [-0.2, -0.15) is 0 Å². The third-order valence-corrected chi connectivity index (χ3v) is 2.89. The number of hydrogen-bond acceptors (Lipinski definition) is 5. The summed E-state index contributed by atoms with van der Waals surface area (Å²) in [5.41, 5.74) is 0.891. The Bertz CT molecular complexity index is 598. The lowest BCUT2D eigenvalue weighted by Crippen LogP contribution is -2.13. The van der Waals surface area contributed by atoms with E-state index in [1.54, 1.807) is 12.3 Å². The Hall–Kier alpha value is -1.73. The molecule has 2 rings (SSSR count). The van der Waals surface area contributed by atoms with Gasteiger partial charge in [-0.05, 0) is 18.6 Å². The van der Waals surface area contributed by atoms with Crippen molar-refractivity contribution in [1.82, 2.24) is 10.3 Å². The molecule has 1 heterocycles. The Morgan fingerprint density at radius 2 is 2.21 bits per heavy atom. The van der Waals surface area contributed by atoms with E-state index in [1.165, 1.54) is 6.07 Å². The van der Waals surface area contributed by atoms with E-state index in [1.807, 2.05) is 13.0 Å². The molecule has 19 heavy (non-hydrogen) atoms.